The van der Waals surface area contributed by atoms with E-state index in [1.165, 1.54) is 11.6 Å². The van der Waals surface area contributed by atoms with Crippen molar-refractivity contribution in [2.45, 2.75) is 0 Å². The number of carbonyl (C=O) groups is 1. The molecule has 0 unspecified atom stereocenters. The quantitative estimate of drug-likeness (QED) is 0.831. The van der Waals surface area contributed by atoms with E-state index in [1.54, 1.807) is 12.1 Å². The van der Waals surface area contributed by atoms with Crippen molar-refractivity contribution in [3.8, 4) is 5.88 Å². The van der Waals surface area contributed by atoms with Crippen molar-refractivity contribution in [2.24, 2.45) is 0 Å². The van der Waals surface area contributed by atoms with E-state index in [2.05, 4.69) is 10.1 Å². The van der Waals surface area contributed by atoms with Crippen molar-refractivity contribution in [1.82, 2.24) is 14.6 Å². The van der Waals surface area contributed by atoms with Crippen LogP contribution >= 0.6 is 11.6 Å². The Labute approximate surface area is 89.1 Å². The zero-order valence-electron chi connectivity index (χ0n) is 7.64. The molecule has 0 saturated carbocycles. The van der Waals surface area contributed by atoms with Crippen molar-refractivity contribution in [1.29, 1.82) is 0 Å². The number of hydrogen-bond donors (Lipinski definition) is 1. The number of carboxylic acids is 1. The van der Waals surface area contributed by atoms with Gasteiger partial charge in [0.2, 0.25) is 5.88 Å². The van der Waals surface area contributed by atoms with Crippen LogP contribution in [0.1, 0.15) is 10.5 Å². The molecule has 2 heterocycles. The highest BCUT2D eigenvalue weighted by atomic mass is 35.5. The maximum Gasteiger partial charge on any atom is 0.357 e. The van der Waals surface area contributed by atoms with Gasteiger partial charge in [-0.05, 0) is 6.07 Å². The fourth-order valence-corrected chi connectivity index (χ4v) is 1.38. The molecule has 2 rings (SSSR count). The Morgan fingerprint density at radius 1 is 1.60 bits per heavy atom. The van der Waals surface area contributed by atoms with E-state index in [4.69, 9.17) is 21.4 Å². The first-order valence-corrected chi connectivity index (χ1v) is 4.34. The first kappa shape index (κ1) is 9.72. The third-order valence-corrected chi connectivity index (χ3v) is 2.15. The summed E-state index contributed by atoms with van der Waals surface area (Å²) in [6, 6.07) is 3.15. The summed E-state index contributed by atoms with van der Waals surface area (Å²) in [5.74, 6) is -0.858. The smallest absolute Gasteiger partial charge is 0.357 e. The summed E-state index contributed by atoms with van der Waals surface area (Å²) in [6.45, 7) is 0. The van der Waals surface area contributed by atoms with Crippen molar-refractivity contribution >= 4 is 23.2 Å². The lowest BCUT2D eigenvalue weighted by Crippen LogP contribution is -1.98. The Hall–Kier alpha value is -1.82. The van der Waals surface area contributed by atoms with Crippen LogP contribution in [0.3, 0.4) is 0 Å². The average Bonchev–Trinajstić information content (AvgIpc) is 2.56. The van der Waals surface area contributed by atoms with Crippen molar-refractivity contribution in [3.05, 3.63) is 23.0 Å². The van der Waals surface area contributed by atoms with Gasteiger partial charge in [-0.25, -0.2) is 9.78 Å². The summed E-state index contributed by atoms with van der Waals surface area (Å²) in [6.07, 6.45) is 0. The molecule has 0 spiro atoms. The second-order valence-corrected chi connectivity index (χ2v) is 3.06. The lowest BCUT2D eigenvalue weighted by atomic mass is 10.5. The highest BCUT2D eigenvalue weighted by Crippen LogP contribution is 2.18. The first-order chi connectivity index (χ1) is 7.13. The van der Waals surface area contributed by atoms with E-state index < -0.39 is 5.97 Å². The number of methoxy groups -OCH3 is 1. The van der Waals surface area contributed by atoms with Crippen LogP contribution in [-0.2, 0) is 0 Å². The van der Waals surface area contributed by atoms with Gasteiger partial charge in [0, 0.05) is 6.07 Å². The molecule has 0 radical (unpaired) electrons. The summed E-state index contributed by atoms with van der Waals surface area (Å²) in [5.41, 5.74) is 0.135. The van der Waals surface area contributed by atoms with Crippen LogP contribution in [0, 0.1) is 0 Å². The van der Waals surface area contributed by atoms with Crippen molar-refractivity contribution in [2.75, 3.05) is 7.11 Å². The molecule has 0 amide bonds. The van der Waals surface area contributed by atoms with Crippen LogP contribution in [0.2, 0.25) is 5.15 Å². The molecule has 0 bridgehead atoms. The summed E-state index contributed by atoms with van der Waals surface area (Å²) in [4.78, 5) is 14.5. The zero-order valence-corrected chi connectivity index (χ0v) is 8.39. The van der Waals surface area contributed by atoms with Crippen molar-refractivity contribution in [3.63, 3.8) is 0 Å². The monoisotopic (exact) mass is 227 g/mol. The number of imidazole rings is 1. The zero-order chi connectivity index (χ0) is 11.0. The fourth-order valence-electron chi connectivity index (χ4n) is 1.13. The molecule has 78 valence electrons. The van der Waals surface area contributed by atoms with Gasteiger partial charge in [0.1, 0.15) is 0 Å². The molecule has 0 saturated heterocycles. The van der Waals surface area contributed by atoms with Gasteiger partial charge in [-0.2, -0.15) is 4.52 Å². The number of ether oxygens (including phenoxy) is 1. The Bertz CT molecular complexity index is 537. The summed E-state index contributed by atoms with van der Waals surface area (Å²) < 4.78 is 6.09. The highest BCUT2D eigenvalue weighted by Gasteiger charge is 2.17. The molecule has 6 nitrogen and oxygen atoms in total. The molecular formula is C8H6ClN3O3. The Balaban J connectivity index is 2.72. The molecule has 0 fully saturated rings. The highest BCUT2D eigenvalue weighted by molar-refractivity contribution is 6.32. The SMILES string of the molecule is COc1ccc2nc(C(=O)O)c(Cl)n2n1. The fraction of sp³-hybridized carbons (Fsp3) is 0.125. The van der Waals surface area contributed by atoms with E-state index in [0.29, 0.717) is 11.5 Å². The molecule has 2 aromatic rings. The number of nitrogens with zero attached hydrogens (tertiary/aromatic N) is 3. The minimum absolute atomic E-state index is 0.0450. The second kappa shape index (κ2) is 3.39. The van der Waals surface area contributed by atoms with Crippen molar-refractivity contribution < 1.29 is 14.6 Å². The van der Waals surface area contributed by atoms with E-state index >= 15 is 0 Å². The molecule has 1 N–H and O–H groups in total. The number of aromatic nitrogens is 3. The van der Waals surface area contributed by atoms with E-state index in [-0.39, 0.29) is 10.8 Å². The largest absolute Gasteiger partial charge is 0.480 e. The molecule has 0 aliphatic carbocycles. The van der Waals surface area contributed by atoms with E-state index in [0.717, 1.165) is 0 Å². The Morgan fingerprint density at radius 3 is 2.93 bits per heavy atom. The molecule has 0 atom stereocenters. The van der Waals surface area contributed by atoms with Crippen LogP contribution in [0.4, 0.5) is 0 Å². The number of carboxylic acid groups (broad SMARTS) is 1. The van der Waals surface area contributed by atoms with Gasteiger partial charge >= 0.3 is 5.97 Å². The molecular weight excluding hydrogens is 222 g/mol. The molecule has 15 heavy (non-hydrogen) atoms. The van der Waals surface area contributed by atoms with Gasteiger partial charge in [-0.3, -0.25) is 0 Å². The third-order valence-electron chi connectivity index (χ3n) is 1.81. The van der Waals surface area contributed by atoms with Gasteiger partial charge in [0.05, 0.1) is 7.11 Å². The van der Waals surface area contributed by atoms with Gasteiger partial charge in [-0.15, -0.1) is 5.10 Å². The lowest BCUT2D eigenvalue weighted by Gasteiger charge is -1.98. The molecule has 0 aliphatic rings. The van der Waals surface area contributed by atoms with Crippen LogP contribution in [-0.4, -0.2) is 32.8 Å². The second-order valence-electron chi connectivity index (χ2n) is 2.70. The van der Waals surface area contributed by atoms with Crippen LogP contribution in [0.15, 0.2) is 12.1 Å². The van der Waals surface area contributed by atoms with Gasteiger partial charge in [0.15, 0.2) is 16.5 Å². The average molecular weight is 228 g/mol. The Morgan fingerprint density at radius 2 is 2.33 bits per heavy atom. The summed E-state index contributed by atoms with van der Waals surface area (Å²) in [7, 11) is 1.46. The normalized spacial score (nSPS) is 10.5. The van der Waals surface area contributed by atoms with E-state index in [1.807, 2.05) is 0 Å². The lowest BCUT2D eigenvalue weighted by molar-refractivity contribution is 0.0691. The maximum atomic E-state index is 10.7. The molecule has 2 aromatic heterocycles. The number of rotatable bonds is 2. The summed E-state index contributed by atoms with van der Waals surface area (Å²) in [5, 5.41) is 12.7. The van der Waals surface area contributed by atoms with Gasteiger partial charge in [-0.1, -0.05) is 11.6 Å². The predicted octanol–water partition coefficient (Wildman–Crippen LogP) is 1.09. The topological polar surface area (TPSA) is 76.7 Å². The number of hydrogen-bond acceptors (Lipinski definition) is 4. The minimum atomic E-state index is -1.19. The molecule has 0 aromatic carbocycles. The van der Waals surface area contributed by atoms with Gasteiger partial charge < -0.3 is 9.84 Å². The summed E-state index contributed by atoms with van der Waals surface area (Å²) >= 11 is 5.78. The molecule has 0 aliphatic heterocycles. The van der Waals surface area contributed by atoms with Crippen LogP contribution in [0.25, 0.3) is 5.65 Å². The predicted molar refractivity (Wildman–Crippen MR) is 51.5 cm³/mol. The number of aromatic carboxylic acids is 1. The minimum Gasteiger partial charge on any atom is -0.480 e. The standard InChI is InChI=1S/C8H6ClN3O3/c1-15-5-3-2-4-10-6(8(13)14)7(9)12(4)11-5/h2-3H,1H3,(H,13,14). The van der Waals surface area contributed by atoms with Gasteiger partial charge in [0.25, 0.3) is 0 Å². The Kier molecular flexibility index (Phi) is 2.20. The van der Waals surface area contributed by atoms with Crippen LogP contribution in [0.5, 0.6) is 5.88 Å². The maximum absolute atomic E-state index is 10.7. The number of fused-ring (bicyclic) bond motifs is 1. The van der Waals surface area contributed by atoms with E-state index in [9.17, 15) is 4.79 Å². The first-order valence-electron chi connectivity index (χ1n) is 3.96. The van der Waals surface area contributed by atoms with Crippen LogP contribution < -0.4 is 4.74 Å². The molecule has 7 heteroatoms. The third kappa shape index (κ3) is 1.48. The number of halogens is 1.